The molecule has 0 saturated heterocycles. The number of rotatable bonds is 8. The topological polar surface area (TPSA) is 134 Å². The van der Waals surface area contributed by atoms with Gasteiger partial charge >= 0.3 is 11.7 Å². The molecule has 0 radical (unpaired) electrons. The molecule has 9 nitrogen and oxygen atoms in total. The van der Waals surface area contributed by atoms with E-state index in [1.807, 2.05) is 6.92 Å². The molecule has 0 bridgehead atoms. The summed E-state index contributed by atoms with van der Waals surface area (Å²) in [6, 6.07) is 16.3. The number of aliphatic hydroxyl groups is 1. The summed E-state index contributed by atoms with van der Waals surface area (Å²) in [4.78, 5) is 50.8. The van der Waals surface area contributed by atoms with Crippen LogP contribution in [0.25, 0.3) is 0 Å². The monoisotopic (exact) mass is 451 g/mol. The van der Waals surface area contributed by atoms with Crippen LogP contribution in [-0.2, 0) is 28.7 Å². The number of hydrogen-bond acceptors (Lipinski definition) is 7. The van der Waals surface area contributed by atoms with Gasteiger partial charge in [0, 0.05) is 13.6 Å². The lowest BCUT2D eigenvalue weighted by molar-refractivity contribution is -0.160. The Bertz CT molecular complexity index is 1240. The van der Waals surface area contributed by atoms with E-state index in [9.17, 15) is 24.3 Å². The van der Waals surface area contributed by atoms with Crippen molar-refractivity contribution in [2.75, 3.05) is 12.3 Å². The van der Waals surface area contributed by atoms with Gasteiger partial charge in [0.15, 0.2) is 6.61 Å². The van der Waals surface area contributed by atoms with Gasteiger partial charge in [0.25, 0.3) is 5.56 Å². The minimum atomic E-state index is -2.18. The molecule has 2 aromatic carbocycles. The van der Waals surface area contributed by atoms with Crippen LogP contribution in [0.5, 0.6) is 0 Å². The van der Waals surface area contributed by atoms with E-state index in [0.717, 1.165) is 9.13 Å². The van der Waals surface area contributed by atoms with E-state index in [0.29, 0.717) is 6.42 Å². The van der Waals surface area contributed by atoms with Gasteiger partial charge in [-0.3, -0.25) is 18.7 Å². The number of nitrogens with two attached hydrogens (primary N) is 1. The second kappa shape index (κ2) is 9.66. The molecule has 3 aromatic rings. The van der Waals surface area contributed by atoms with Crippen molar-refractivity contribution in [2.45, 2.75) is 25.5 Å². The molecule has 0 aliphatic heterocycles. The number of esters is 1. The second-order valence-electron chi connectivity index (χ2n) is 7.50. The normalized spacial score (nSPS) is 11.2. The lowest BCUT2D eigenvalue weighted by atomic mass is 9.86. The molecule has 0 unspecified atom stereocenters. The number of benzene rings is 2. The summed E-state index contributed by atoms with van der Waals surface area (Å²) >= 11 is 0. The summed E-state index contributed by atoms with van der Waals surface area (Å²) in [6.45, 7) is 1.18. The Morgan fingerprint density at radius 3 is 2.00 bits per heavy atom. The molecular formula is C24H25N3O6. The van der Waals surface area contributed by atoms with Crippen LogP contribution in [-0.4, -0.2) is 32.6 Å². The molecule has 3 rings (SSSR count). The van der Waals surface area contributed by atoms with E-state index < -0.39 is 40.8 Å². The summed E-state index contributed by atoms with van der Waals surface area (Å²) < 4.78 is 7.09. The zero-order chi connectivity index (χ0) is 24.2. The average molecular weight is 451 g/mol. The number of anilines is 1. The van der Waals surface area contributed by atoms with Crippen molar-refractivity contribution in [3.63, 3.8) is 0 Å². The van der Waals surface area contributed by atoms with Gasteiger partial charge in [-0.05, 0) is 17.5 Å². The molecule has 0 aliphatic carbocycles. The Kier molecular flexibility index (Phi) is 6.93. The highest BCUT2D eigenvalue weighted by atomic mass is 16.6. The maximum atomic E-state index is 13.1. The molecule has 0 fully saturated rings. The Hall–Kier alpha value is -3.98. The molecule has 0 spiro atoms. The van der Waals surface area contributed by atoms with Crippen LogP contribution in [0.2, 0.25) is 0 Å². The quantitative estimate of drug-likeness (QED) is 0.388. The summed E-state index contributed by atoms with van der Waals surface area (Å²) in [5.74, 6) is -2.26. The van der Waals surface area contributed by atoms with E-state index in [1.165, 1.54) is 7.05 Å². The zero-order valence-electron chi connectivity index (χ0n) is 18.4. The van der Waals surface area contributed by atoms with E-state index in [4.69, 9.17) is 10.5 Å². The van der Waals surface area contributed by atoms with Crippen molar-refractivity contribution in [1.82, 2.24) is 9.13 Å². The van der Waals surface area contributed by atoms with Gasteiger partial charge in [0.1, 0.15) is 11.4 Å². The third-order valence-electron chi connectivity index (χ3n) is 5.32. The molecule has 9 heteroatoms. The number of aromatic nitrogens is 2. The van der Waals surface area contributed by atoms with Crippen LogP contribution in [0.3, 0.4) is 0 Å². The third kappa shape index (κ3) is 4.35. The maximum absolute atomic E-state index is 13.1. The molecule has 172 valence electrons. The molecule has 0 atom stereocenters. The number of hydrogen-bond donors (Lipinski definition) is 2. The van der Waals surface area contributed by atoms with Crippen molar-refractivity contribution in [2.24, 2.45) is 7.05 Å². The number of carbonyl (C=O) groups is 2. The van der Waals surface area contributed by atoms with E-state index >= 15 is 0 Å². The van der Waals surface area contributed by atoms with Crippen LogP contribution in [0.15, 0.2) is 70.3 Å². The fraction of sp³-hybridized carbons (Fsp3) is 0.250. The summed E-state index contributed by atoms with van der Waals surface area (Å²) in [5.41, 5.74) is 2.31. The molecule has 0 saturated carbocycles. The van der Waals surface area contributed by atoms with Crippen LogP contribution < -0.4 is 17.0 Å². The minimum absolute atomic E-state index is 0.209. The number of carbonyl (C=O) groups excluding carboxylic acids is 2. The number of nitrogen functional groups attached to an aromatic ring is 1. The molecule has 3 N–H and O–H groups in total. The smallest absolute Gasteiger partial charge is 0.348 e. The zero-order valence-corrected chi connectivity index (χ0v) is 18.4. The molecular weight excluding hydrogens is 426 g/mol. The standard InChI is InChI=1S/C24H25N3O6/c1-3-14-27-20(25)19(21(29)26(2)23(27)31)18(28)15-33-22(30)24(32,16-10-6-4-7-11-16)17-12-8-5-9-13-17/h4-13,32H,3,14-15,25H2,1-2H3. The van der Waals surface area contributed by atoms with Crippen molar-refractivity contribution in [3.05, 3.63) is 98.2 Å². The highest BCUT2D eigenvalue weighted by molar-refractivity contribution is 6.01. The van der Waals surface area contributed by atoms with Crippen LogP contribution >= 0.6 is 0 Å². The predicted molar refractivity (Wildman–Crippen MR) is 122 cm³/mol. The number of ketones is 1. The average Bonchev–Trinajstić information content (AvgIpc) is 2.84. The Morgan fingerprint density at radius 1 is 1.00 bits per heavy atom. The van der Waals surface area contributed by atoms with Gasteiger partial charge in [-0.2, -0.15) is 0 Å². The first-order chi connectivity index (χ1) is 15.7. The van der Waals surface area contributed by atoms with E-state index in [1.54, 1.807) is 60.7 Å². The molecule has 33 heavy (non-hydrogen) atoms. The van der Waals surface area contributed by atoms with Crippen LogP contribution in [0, 0.1) is 0 Å². The Balaban J connectivity index is 1.95. The molecule has 0 aliphatic rings. The number of ether oxygens (including phenoxy) is 1. The van der Waals surface area contributed by atoms with Gasteiger partial charge in [-0.1, -0.05) is 67.6 Å². The van der Waals surface area contributed by atoms with E-state index in [2.05, 4.69) is 0 Å². The van der Waals surface area contributed by atoms with Gasteiger partial charge in [0.05, 0.1) is 0 Å². The first-order valence-corrected chi connectivity index (χ1v) is 10.4. The molecule has 1 aromatic heterocycles. The lowest BCUT2D eigenvalue weighted by Gasteiger charge is -2.27. The summed E-state index contributed by atoms with van der Waals surface area (Å²) in [5, 5.41) is 11.4. The minimum Gasteiger partial charge on any atom is -0.455 e. The highest BCUT2D eigenvalue weighted by Crippen LogP contribution is 2.31. The van der Waals surface area contributed by atoms with Crippen molar-refractivity contribution in [3.8, 4) is 0 Å². The largest absolute Gasteiger partial charge is 0.455 e. The lowest BCUT2D eigenvalue weighted by Crippen LogP contribution is -2.44. The third-order valence-corrected chi connectivity index (χ3v) is 5.32. The number of nitrogens with zero attached hydrogens (tertiary/aromatic N) is 2. The molecule has 0 amide bonds. The summed E-state index contributed by atoms with van der Waals surface area (Å²) in [6.07, 6.45) is 0.548. The predicted octanol–water partition coefficient (Wildman–Crippen LogP) is 1.20. The number of Topliss-reactive ketones (excluding diaryl/α,β-unsaturated/α-hetero) is 1. The van der Waals surface area contributed by atoms with Gasteiger partial charge in [-0.15, -0.1) is 0 Å². The van der Waals surface area contributed by atoms with Gasteiger partial charge < -0.3 is 15.6 Å². The van der Waals surface area contributed by atoms with Gasteiger partial charge in [-0.25, -0.2) is 9.59 Å². The van der Waals surface area contributed by atoms with Crippen LogP contribution in [0.4, 0.5) is 5.82 Å². The Labute approximate surface area is 189 Å². The first kappa shape index (κ1) is 23.7. The van der Waals surface area contributed by atoms with Crippen molar-refractivity contribution in [1.29, 1.82) is 0 Å². The Morgan fingerprint density at radius 2 is 1.52 bits per heavy atom. The molecule has 1 heterocycles. The maximum Gasteiger partial charge on any atom is 0.348 e. The van der Waals surface area contributed by atoms with E-state index in [-0.39, 0.29) is 23.5 Å². The van der Waals surface area contributed by atoms with Crippen molar-refractivity contribution >= 4 is 17.6 Å². The highest BCUT2D eigenvalue weighted by Gasteiger charge is 2.42. The fourth-order valence-electron chi connectivity index (χ4n) is 3.55. The van der Waals surface area contributed by atoms with Crippen LogP contribution in [0.1, 0.15) is 34.8 Å². The first-order valence-electron chi connectivity index (χ1n) is 10.4. The second-order valence-corrected chi connectivity index (χ2v) is 7.50. The summed E-state index contributed by atoms with van der Waals surface area (Å²) in [7, 11) is 1.24. The SMILES string of the molecule is CCCn1c(N)c(C(=O)COC(=O)C(O)(c2ccccc2)c2ccccc2)c(=O)n(C)c1=O. The van der Waals surface area contributed by atoms with Crippen molar-refractivity contribution < 1.29 is 19.4 Å². The fourth-order valence-corrected chi connectivity index (χ4v) is 3.55. The van der Waals surface area contributed by atoms with Gasteiger partial charge in [0.2, 0.25) is 11.4 Å².